The van der Waals surface area contributed by atoms with Crippen LogP contribution in [0.5, 0.6) is 0 Å². The zero-order valence-electron chi connectivity index (χ0n) is 13.5. The predicted octanol–water partition coefficient (Wildman–Crippen LogP) is 1.91. The minimum absolute atomic E-state index is 0.0380. The third kappa shape index (κ3) is 5.55. The van der Waals surface area contributed by atoms with Gasteiger partial charge in [0.15, 0.2) is 6.61 Å². The molecule has 0 atom stereocenters. The molecule has 1 fully saturated rings. The first kappa shape index (κ1) is 18.4. The van der Waals surface area contributed by atoms with Gasteiger partial charge in [0, 0.05) is 12.1 Å². The summed E-state index contributed by atoms with van der Waals surface area (Å²) in [6, 6.07) is 4.65. The fraction of sp³-hybridized carbons (Fsp3) is 0.438. The molecule has 9 nitrogen and oxygen atoms in total. The number of hydrogen-bond donors (Lipinski definition) is 2. The summed E-state index contributed by atoms with van der Waals surface area (Å²) < 4.78 is 4.74. The zero-order valence-corrected chi connectivity index (χ0v) is 13.5. The minimum Gasteiger partial charge on any atom is -0.452 e. The molecular weight excluding hydrogens is 330 g/mol. The molecule has 2 N–H and O–H groups in total. The van der Waals surface area contributed by atoms with Crippen molar-refractivity contribution in [2.45, 2.75) is 38.1 Å². The average Bonchev–Trinajstić information content (AvgIpc) is 2.60. The highest BCUT2D eigenvalue weighted by Crippen LogP contribution is 2.18. The molecule has 1 saturated carbocycles. The van der Waals surface area contributed by atoms with E-state index in [1.165, 1.54) is 18.2 Å². The number of amides is 3. The topological polar surface area (TPSA) is 128 Å². The molecule has 1 aromatic carbocycles. The number of para-hydroxylation sites is 1. The lowest BCUT2D eigenvalue weighted by Crippen LogP contribution is -2.46. The number of nitro benzene ring substituents is 1. The molecule has 1 aliphatic carbocycles. The summed E-state index contributed by atoms with van der Waals surface area (Å²) in [6.07, 6.45) is 4.95. The highest BCUT2D eigenvalue weighted by Gasteiger charge is 2.22. The maximum atomic E-state index is 11.9. The van der Waals surface area contributed by atoms with Crippen LogP contribution in [0.25, 0.3) is 0 Å². The largest absolute Gasteiger partial charge is 0.452 e. The Bertz CT molecular complexity index is 670. The van der Waals surface area contributed by atoms with Crippen LogP contribution in [0.15, 0.2) is 24.3 Å². The predicted molar refractivity (Wildman–Crippen MR) is 86.9 cm³/mol. The maximum absolute atomic E-state index is 11.9. The highest BCUT2D eigenvalue weighted by atomic mass is 16.6. The van der Waals surface area contributed by atoms with Crippen LogP contribution in [0.2, 0.25) is 0 Å². The van der Waals surface area contributed by atoms with Gasteiger partial charge in [-0.3, -0.25) is 20.2 Å². The van der Waals surface area contributed by atoms with Crippen molar-refractivity contribution >= 4 is 23.6 Å². The number of nitrogens with one attached hydrogen (secondary N) is 2. The van der Waals surface area contributed by atoms with Crippen LogP contribution in [0, 0.1) is 10.1 Å². The van der Waals surface area contributed by atoms with E-state index < -0.39 is 35.1 Å². The lowest BCUT2D eigenvalue weighted by molar-refractivity contribution is -0.385. The maximum Gasteiger partial charge on any atom is 0.345 e. The van der Waals surface area contributed by atoms with Crippen molar-refractivity contribution in [2.24, 2.45) is 0 Å². The molecule has 0 heterocycles. The second kappa shape index (κ2) is 8.76. The van der Waals surface area contributed by atoms with Crippen molar-refractivity contribution in [1.29, 1.82) is 0 Å². The standard InChI is InChI=1S/C16H19N3O6/c20-14(18-16(22)17-11-6-2-1-3-7-11)10-25-15(21)12-8-4-5-9-13(12)19(23)24/h4-5,8-9,11H,1-3,6-7,10H2,(H2,17,18,20,22). The Morgan fingerprint density at radius 1 is 1.16 bits per heavy atom. The van der Waals surface area contributed by atoms with Crippen LogP contribution in [-0.2, 0) is 9.53 Å². The summed E-state index contributed by atoms with van der Waals surface area (Å²) in [5, 5.41) is 15.6. The average molecular weight is 349 g/mol. The van der Waals surface area contributed by atoms with Gasteiger partial charge in [0.1, 0.15) is 5.56 Å². The summed E-state index contributed by atoms with van der Waals surface area (Å²) in [6.45, 7) is -0.705. The van der Waals surface area contributed by atoms with E-state index in [4.69, 9.17) is 4.74 Å². The van der Waals surface area contributed by atoms with E-state index in [2.05, 4.69) is 10.6 Å². The number of imide groups is 1. The Morgan fingerprint density at radius 2 is 1.84 bits per heavy atom. The molecule has 0 spiro atoms. The third-order valence-corrected chi connectivity index (χ3v) is 3.85. The Hall–Kier alpha value is -2.97. The van der Waals surface area contributed by atoms with Gasteiger partial charge in [-0.1, -0.05) is 31.4 Å². The number of rotatable bonds is 5. The fourth-order valence-corrected chi connectivity index (χ4v) is 2.65. The van der Waals surface area contributed by atoms with Gasteiger partial charge in [0.25, 0.3) is 11.6 Å². The number of nitrogens with zero attached hydrogens (tertiary/aromatic N) is 1. The van der Waals surface area contributed by atoms with Crippen molar-refractivity contribution in [3.05, 3.63) is 39.9 Å². The molecule has 25 heavy (non-hydrogen) atoms. The van der Waals surface area contributed by atoms with Crippen LogP contribution >= 0.6 is 0 Å². The first-order chi connectivity index (χ1) is 12.0. The van der Waals surface area contributed by atoms with Crippen molar-refractivity contribution < 1.29 is 24.0 Å². The first-order valence-electron chi connectivity index (χ1n) is 7.98. The van der Waals surface area contributed by atoms with Crippen molar-refractivity contribution in [2.75, 3.05) is 6.61 Å². The van der Waals surface area contributed by atoms with Gasteiger partial charge in [-0.2, -0.15) is 0 Å². The monoisotopic (exact) mass is 349 g/mol. The van der Waals surface area contributed by atoms with E-state index in [1.807, 2.05) is 0 Å². The van der Waals surface area contributed by atoms with Gasteiger partial charge in [-0.05, 0) is 18.9 Å². The number of nitro groups is 1. The minimum atomic E-state index is -1.00. The van der Waals surface area contributed by atoms with Gasteiger partial charge >= 0.3 is 12.0 Å². The number of hydrogen-bond acceptors (Lipinski definition) is 6. The number of urea groups is 1. The molecule has 9 heteroatoms. The van der Waals surface area contributed by atoms with Crippen molar-refractivity contribution in [1.82, 2.24) is 10.6 Å². The van der Waals surface area contributed by atoms with Gasteiger partial charge in [-0.25, -0.2) is 9.59 Å². The molecule has 134 valence electrons. The number of carbonyl (C=O) groups is 3. The van der Waals surface area contributed by atoms with E-state index in [-0.39, 0.29) is 11.6 Å². The molecule has 3 amide bonds. The van der Waals surface area contributed by atoms with Crippen molar-refractivity contribution in [3.63, 3.8) is 0 Å². The zero-order chi connectivity index (χ0) is 18.2. The fourth-order valence-electron chi connectivity index (χ4n) is 2.65. The summed E-state index contributed by atoms with van der Waals surface area (Å²) in [7, 11) is 0. The number of esters is 1. The Kier molecular flexibility index (Phi) is 6.44. The van der Waals surface area contributed by atoms with Crippen LogP contribution in [0.4, 0.5) is 10.5 Å². The summed E-state index contributed by atoms with van der Waals surface area (Å²) in [5.41, 5.74) is -0.671. The van der Waals surface area contributed by atoms with Gasteiger partial charge in [-0.15, -0.1) is 0 Å². The summed E-state index contributed by atoms with van der Waals surface area (Å²) >= 11 is 0. The van der Waals surface area contributed by atoms with E-state index in [0.29, 0.717) is 0 Å². The molecule has 0 aromatic heterocycles. The smallest absolute Gasteiger partial charge is 0.345 e. The SMILES string of the molecule is O=C(COC(=O)c1ccccc1[N+](=O)[O-])NC(=O)NC1CCCCC1. The molecule has 0 unspecified atom stereocenters. The molecule has 0 radical (unpaired) electrons. The van der Waals surface area contributed by atoms with E-state index in [0.717, 1.165) is 38.2 Å². The Balaban J connectivity index is 1.80. The lowest BCUT2D eigenvalue weighted by atomic mass is 9.96. The molecule has 0 bridgehead atoms. The molecule has 1 aromatic rings. The molecule has 0 saturated heterocycles. The molecular formula is C16H19N3O6. The van der Waals surface area contributed by atoms with Gasteiger partial charge < -0.3 is 10.1 Å². The quantitative estimate of drug-likeness (QED) is 0.475. The number of ether oxygens (including phenoxy) is 1. The summed E-state index contributed by atoms with van der Waals surface area (Å²) in [5.74, 6) is -1.81. The Labute approximate surface area is 143 Å². The molecule has 2 rings (SSSR count). The Morgan fingerprint density at radius 3 is 2.52 bits per heavy atom. The van der Waals surface area contributed by atoms with Crippen LogP contribution in [0.3, 0.4) is 0 Å². The van der Waals surface area contributed by atoms with Crippen molar-refractivity contribution in [3.8, 4) is 0 Å². The van der Waals surface area contributed by atoms with Crippen LogP contribution in [0.1, 0.15) is 42.5 Å². The molecule has 0 aliphatic heterocycles. The second-order valence-corrected chi connectivity index (χ2v) is 5.71. The lowest BCUT2D eigenvalue weighted by Gasteiger charge is -2.22. The second-order valence-electron chi connectivity index (χ2n) is 5.71. The number of benzene rings is 1. The highest BCUT2D eigenvalue weighted by molar-refractivity contribution is 5.98. The van der Waals surface area contributed by atoms with Crippen LogP contribution < -0.4 is 10.6 Å². The van der Waals surface area contributed by atoms with E-state index in [1.54, 1.807) is 0 Å². The summed E-state index contributed by atoms with van der Waals surface area (Å²) in [4.78, 5) is 45.4. The third-order valence-electron chi connectivity index (χ3n) is 3.85. The van der Waals surface area contributed by atoms with Crippen LogP contribution in [-0.4, -0.2) is 35.5 Å². The molecule has 1 aliphatic rings. The normalized spacial score (nSPS) is 14.4. The number of carbonyl (C=O) groups excluding carboxylic acids is 3. The van der Waals surface area contributed by atoms with Gasteiger partial charge in [0.2, 0.25) is 0 Å². The van der Waals surface area contributed by atoms with E-state index >= 15 is 0 Å². The first-order valence-corrected chi connectivity index (χ1v) is 7.98. The van der Waals surface area contributed by atoms with Gasteiger partial charge in [0.05, 0.1) is 4.92 Å². The van der Waals surface area contributed by atoms with E-state index in [9.17, 15) is 24.5 Å².